The van der Waals surface area contributed by atoms with Crippen LogP contribution in [-0.2, 0) is 0 Å². The van der Waals surface area contributed by atoms with Crippen LogP contribution in [0.15, 0.2) is 72.7 Å². The highest BCUT2D eigenvalue weighted by molar-refractivity contribution is 5.95. The molecule has 1 atom stereocenters. The summed E-state index contributed by atoms with van der Waals surface area (Å²) in [6, 6.07) is 13.0. The molecule has 0 saturated carbocycles. The second-order valence-electron chi connectivity index (χ2n) is 7.25. The molecule has 8 heteroatoms. The second kappa shape index (κ2) is 7.91. The first-order valence-electron chi connectivity index (χ1n) is 9.89. The van der Waals surface area contributed by atoms with Crippen LogP contribution >= 0.6 is 0 Å². The zero-order valence-electron chi connectivity index (χ0n) is 16.8. The third-order valence-electron chi connectivity index (χ3n) is 5.32. The summed E-state index contributed by atoms with van der Waals surface area (Å²) >= 11 is 0. The van der Waals surface area contributed by atoms with Crippen LogP contribution in [0.2, 0.25) is 0 Å². The summed E-state index contributed by atoms with van der Waals surface area (Å²) in [5, 5.41) is 18.4. The van der Waals surface area contributed by atoms with E-state index in [9.17, 15) is 4.79 Å². The molecule has 0 aliphatic heterocycles. The molecule has 2 aromatic heterocycles. The van der Waals surface area contributed by atoms with Gasteiger partial charge in [-0.05, 0) is 55.0 Å². The molecular weight excluding hydrogens is 392 g/mol. The van der Waals surface area contributed by atoms with Crippen molar-refractivity contribution in [1.29, 1.82) is 0 Å². The van der Waals surface area contributed by atoms with Crippen LogP contribution in [0.5, 0.6) is 5.75 Å². The lowest BCUT2D eigenvalue weighted by atomic mass is 9.93. The van der Waals surface area contributed by atoms with Gasteiger partial charge >= 0.3 is 0 Å². The number of ether oxygens (including phenoxy) is 1. The van der Waals surface area contributed by atoms with Crippen LogP contribution in [0.1, 0.15) is 28.4 Å². The van der Waals surface area contributed by atoms with Crippen LogP contribution in [0.25, 0.3) is 22.3 Å². The van der Waals surface area contributed by atoms with Crippen molar-refractivity contribution >= 4 is 16.8 Å². The lowest BCUT2D eigenvalue weighted by molar-refractivity contribution is 0.0967. The molecule has 2 aromatic carbocycles. The van der Waals surface area contributed by atoms with Gasteiger partial charge < -0.3 is 10.1 Å². The molecule has 1 aliphatic rings. The summed E-state index contributed by atoms with van der Waals surface area (Å²) in [6.45, 7) is 0. The van der Waals surface area contributed by atoms with Crippen molar-refractivity contribution < 1.29 is 9.53 Å². The summed E-state index contributed by atoms with van der Waals surface area (Å²) in [5.41, 5.74) is 4.14. The number of hydrogen-bond acceptors (Lipinski definition) is 5. The Kier molecular flexibility index (Phi) is 4.80. The molecule has 0 fully saturated rings. The Morgan fingerprint density at radius 3 is 2.81 bits per heavy atom. The molecule has 154 valence electrons. The van der Waals surface area contributed by atoms with Crippen molar-refractivity contribution in [2.45, 2.75) is 12.3 Å². The van der Waals surface area contributed by atoms with Gasteiger partial charge in [-0.3, -0.25) is 15.0 Å². The molecule has 31 heavy (non-hydrogen) atoms. The number of benzene rings is 2. The molecule has 1 aliphatic carbocycles. The van der Waals surface area contributed by atoms with Crippen LogP contribution in [0.3, 0.4) is 0 Å². The van der Waals surface area contributed by atoms with Crippen molar-refractivity contribution in [2.24, 2.45) is 0 Å². The zero-order chi connectivity index (χ0) is 21.2. The SMILES string of the molecule is COc1ccc(C(=O)NC2=CC(c3[nH]nc4ccc(-c5ncn[nH]5)cc34)CC=C2)cc1. The Bertz CT molecular complexity index is 1290. The van der Waals surface area contributed by atoms with Gasteiger partial charge in [-0.2, -0.15) is 10.2 Å². The fraction of sp³-hybridized carbons (Fsp3) is 0.130. The van der Waals surface area contributed by atoms with E-state index in [1.54, 1.807) is 31.4 Å². The molecule has 4 aromatic rings. The van der Waals surface area contributed by atoms with E-state index in [0.29, 0.717) is 17.1 Å². The number of H-pyrrole nitrogens is 2. The summed E-state index contributed by atoms with van der Waals surface area (Å²) in [5.74, 6) is 1.32. The van der Waals surface area contributed by atoms with E-state index in [1.165, 1.54) is 6.33 Å². The Morgan fingerprint density at radius 2 is 2.03 bits per heavy atom. The lowest BCUT2D eigenvalue weighted by Gasteiger charge is -2.17. The van der Waals surface area contributed by atoms with E-state index in [2.05, 4.69) is 48.9 Å². The summed E-state index contributed by atoms with van der Waals surface area (Å²) in [4.78, 5) is 16.9. The van der Waals surface area contributed by atoms with Crippen molar-refractivity contribution in [3.63, 3.8) is 0 Å². The monoisotopic (exact) mass is 412 g/mol. The molecule has 3 N–H and O–H groups in total. The van der Waals surface area contributed by atoms with Gasteiger partial charge in [-0.25, -0.2) is 4.98 Å². The van der Waals surface area contributed by atoms with Gasteiger partial charge in [-0.1, -0.05) is 12.2 Å². The molecule has 0 saturated heterocycles. The quantitative estimate of drug-likeness (QED) is 0.463. The number of rotatable bonds is 5. The predicted octanol–water partition coefficient (Wildman–Crippen LogP) is 3.71. The minimum Gasteiger partial charge on any atom is -0.497 e. The van der Waals surface area contributed by atoms with E-state index in [4.69, 9.17) is 4.74 Å². The van der Waals surface area contributed by atoms with Crippen LogP contribution in [0, 0.1) is 0 Å². The van der Waals surface area contributed by atoms with Gasteiger partial charge in [-0.15, -0.1) is 0 Å². The van der Waals surface area contributed by atoms with E-state index >= 15 is 0 Å². The number of nitrogens with zero attached hydrogens (tertiary/aromatic N) is 3. The van der Waals surface area contributed by atoms with Crippen molar-refractivity contribution in [1.82, 2.24) is 30.7 Å². The molecule has 8 nitrogen and oxygen atoms in total. The lowest BCUT2D eigenvalue weighted by Crippen LogP contribution is -2.23. The molecular formula is C23H20N6O2. The largest absolute Gasteiger partial charge is 0.497 e. The average molecular weight is 412 g/mol. The number of fused-ring (bicyclic) bond motifs is 1. The van der Waals surface area contributed by atoms with Crippen LogP contribution < -0.4 is 10.1 Å². The maximum absolute atomic E-state index is 12.6. The standard InChI is InChI=1S/C23H20N6O2/c1-31-18-8-5-14(6-9-18)23(30)26-17-4-2-3-15(11-17)21-19-12-16(22-24-13-25-29-22)7-10-20(19)27-28-21/h2,4-13,15H,3H2,1H3,(H,26,30)(H,27,28)(H,24,25,29). The number of aromatic nitrogens is 5. The Hall–Kier alpha value is -4.20. The Labute approximate surface area is 178 Å². The number of nitrogens with one attached hydrogen (secondary N) is 3. The molecule has 0 spiro atoms. The fourth-order valence-electron chi connectivity index (χ4n) is 3.72. The molecule has 5 rings (SSSR count). The first-order valence-corrected chi connectivity index (χ1v) is 9.89. The van der Waals surface area contributed by atoms with E-state index < -0.39 is 0 Å². The predicted molar refractivity (Wildman–Crippen MR) is 117 cm³/mol. The normalized spacial score (nSPS) is 15.6. The zero-order valence-corrected chi connectivity index (χ0v) is 16.8. The minimum atomic E-state index is -0.165. The number of carbonyl (C=O) groups is 1. The van der Waals surface area contributed by atoms with Crippen molar-refractivity contribution in [2.75, 3.05) is 7.11 Å². The summed E-state index contributed by atoms with van der Waals surface area (Å²) < 4.78 is 5.15. The van der Waals surface area contributed by atoms with Crippen LogP contribution in [-0.4, -0.2) is 38.4 Å². The molecule has 1 unspecified atom stereocenters. The number of methoxy groups -OCH3 is 1. The number of allylic oxidation sites excluding steroid dienone is 3. The first kappa shape index (κ1) is 18.8. The van der Waals surface area contributed by atoms with E-state index in [1.807, 2.05) is 18.2 Å². The maximum atomic E-state index is 12.6. The van der Waals surface area contributed by atoms with Gasteiger partial charge in [0.2, 0.25) is 0 Å². The number of carbonyl (C=O) groups excluding carboxylic acids is 1. The van der Waals surface area contributed by atoms with Gasteiger partial charge in [0.1, 0.15) is 12.1 Å². The first-order chi connectivity index (χ1) is 15.2. The van der Waals surface area contributed by atoms with Crippen molar-refractivity contribution in [3.05, 3.63) is 84.0 Å². The highest BCUT2D eigenvalue weighted by atomic mass is 16.5. The second-order valence-corrected chi connectivity index (χ2v) is 7.25. The fourth-order valence-corrected chi connectivity index (χ4v) is 3.72. The van der Waals surface area contributed by atoms with Gasteiger partial charge in [0.05, 0.1) is 18.3 Å². The highest BCUT2D eigenvalue weighted by Gasteiger charge is 2.19. The van der Waals surface area contributed by atoms with E-state index in [0.717, 1.165) is 34.3 Å². The topological polar surface area (TPSA) is 109 Å². The van der Waals surface area contributed by atoms with E-state index in [-0.39, 0.29) is 11.8 Å². The van der Waals surface area contributed by atoms with Gasteiger partial charge in [0, 0.05) is 28.1 Å². The summed E-state index contributed by atoms with van der Waals surface area (Å²) in [6.07, 6.45) is 8.33. The van der Waals surface area contributed by atoms with Gasteiger partial charge in [0.25, 0.3) is 5.91 Å². The molecule has 0 radical (unpaired) electrons. The number of aromatic amines is 2. The Morgan fingerprint density at radius 1 is 1.16 bits per heavy atom. The Balaban J connectivity index is 1.40. The van der Waals surface area contributed by atoms with Crippen LogP contribution in [0.4, 0.5) is 0 Å². The summed E-state index contributed by atoms with van der Waals surface area (Å²) in [7, 11) is 1.60. The highest BCUT2D eigenvalue weighted by Crippen LogP contribution is 2.32. The maximum Gasteiger partial charge on any atom is 0.255 e. The van der Waals surface area contributed by atoms with Gasteiger partial charge in [0.15, 0.2) is 5.82 Å². The smallest absolute Gasteiger partial charge is 0.255 e. The number of hydrogen-bond donors (Lipinski definition) is 3. The molecule has 0 bridgehead atoms. The molecule has 2 heterocycles. The third-order valence-corrected chi connectivity index (χ3v) is 5.32. The third kappa shape index (κ3) is 3.71. The number of amides is 1. The average Bonchev–Trinajstić information content (AvgIpc) is 3.49. The minimum absolute atomic E-state index is 0.0612. The van der Waals surface area contributed by atoms with Crippen molar-refractivity contribution in [3.8, 4) is 17.1 Å². The molecule has 1 amide bonds.